The Morgan fingerprint density at radius 2 is 1.61 bits per heavy atom. The van der Waals surface area contributed by atoms with Crippen LogP contribution in [0.4, 0.5) is 5.69 Å². The molecule has 0 bridgehead atoms. The first-order chi connectivity index (χ1) is 11.0. The maximum absolute atomic E-state index is 5.43. The second-order valence-corrected chi connectivity index (χ2v) is 6.79. The van der Waals surface area contributed by atoms with Crippen LogP contribution in [0.3, 0.4) is 0 Å². The van der Waals surface area contributed by atoms with Crippen molar-refractivity contribution in [2.24, 2.45) is 0 Å². The predicted octanol–water partition coefficient (Wildman–Crippen LogP) is 4.39. The molecule has 0 saturated carbocycles. The second kappa shape index (κ2) is 6.15. The molecule has 0 radical (unpaired) electrons. The van der Waals surface area contributed by atoms with Crippen LogP contribution in [0.5, 0.6) is 11.5 Å². The van der Waals surface area contributed by atoms with Gasteiger partial charge in [-0.05, 0) is 41.2 Å². The quantitative estimate of drug-likeness (QED) is 0.836. The Morgan fingerprint density at radius 3 is 2.26 bits per heavy atom. The summed E-state index contributed by atoms with van der Waals surface area (Å²) in [6.45, 7) is 6.60. The number of hydrogen-bond donors (Lipinski definition) is 0. The van der Waals surface area contributed by atoms with E-state index in [0.29, 0.717) is 0 Å². The molecule has 0 N–H and O–H groups in total. The van der Waals surface area contributed by atoms with E-state index in [-0.39, 0.29) is 5.41 Å². The molecule has 2 aromatic rings. The van der Waals surface area contributed by atoms with Crippen LogP contribution in [0.15, 0.2) is 42.5 Å². The van der Waals surface area contributed by atoms with Crippen molar-refractivity contribution in [2.45, 2.75) is 32.2 Å². The average Bonchev–Trinajstić information content (AvgIpc) is 2.58. The highest BCUT2D eigenvalue weighted by atomic mass is 16.5. The van der Waals surface area contributed by atoms with Gasteiger partial charge in [-0.1, -0.05) is 32.0 Å². The molecule has 23 heavy (non-hydrogen) atoms. The van der Waals surface area contributed by atoms with Crippen molar-refractivity contribution >= 4 is 5.69 Å². The summed E-state index contributed by atoms with van der Waals surface area (Å²) in [5.41, 5.74) is 4.19. The number of anilines is 1. The molecule has 0 fully saturated rings. The van der Waals surface area contributed by atoms with E-state index in [4.69, 9.17) is 9.47 Å². The van der Waals surface area contributed by atoms with E-state index in [0.717, 1.165) is 31.0 Å². The maximum Gasteiger partial charge on any atom is 0.120 e. The normalized spacial score (nSPS) is 15.9. The highest BCUT2D eigenvalue weighted by Crippen LogP contribution is 2.41. The lowest BCUT2D eigenvalue weighted by Gasteiger charge is -2.40. The topological polar surface area (TPSA) is 21.7 Å². The molecule has 0 amide bonds. The first-order valence-corrected chi connectivity index (χ1v) is 8.10. The molecular formula is C20H25NO2. The Kier molecular flexibility index (Phi) is 4.20. The highest BCUT2D eigenvalue weighted by molar-refractivity contribution is 5.62. The fraction of sp³-hybridized carbons (Fsp3) is 0.400. The van der Waals surface area contributed by atoms with Crippen molar-refractivity contribution in [3.63, 3.8) is 0 Å². The Hall–Kier alpha value is -2.16. The van der Waals surface area contributed by atoms with E-state index in [1.165, 1.54) is 16.8 Å². The van der Waals surface area contributed by atoms with Gasteiger partial charge < -0.3 is 14.4 Å². The molecular weight excluding hydrogens is 286 g/mol. The average molecular weight is 311 g/mol. The van der Waals surface area contributed by atoms with Gasteiger partial charge in [-0.25, -0.2) is 0 Å². The summed E-state index contributed by atoms with van der Waals surface area (Å²) in [5, 5.41) is 0. The van der Waals surface area contributed by atoms with Gasteiger partial charge in [0.2, 0.25) is 0 Å². The molecule has 0 atom stereocenters. The molecule has 3 nitrogen and oxygen atoms in total. The van der Waals surface area contributed by atoms with Gasteiger partial charge in [0.25, 0.3) is 0 Å². The van der Waals surface area contributed by atoms with Gasteiger partial charge >= 0.3 is 0 Å². The lowest BCUT2D eigenvalue weighted by molar-refractivity contribution is 0.410. The van der Waals surface area contributed by atoms with Gasteiger partial charge in [-0.3, -0.25) is 0 Å². The van der Waals surface area contributed by atoms with Crippen LogP contribution in [0.25, 0.3) is 0 Å². The summed E-state index contributed by atoms with van der Waals surface area (Å²) >= 11 is 0. The molecule has 1 aliphatic heterocycles. The van der Waals surface area contributed by atoms with Crippen molar-refractivity contribution in [1.82, 2.24) is 0 Å². The molecule has 0 spiro atoms. The third-order valence-electron chi connectivity index (χ3n) is 4.81. The third kappa shape index (κ3) is 3.14. The third-order valence-corrected chi connectivity index (χ3v) is 4.81. The Morgan fingerprint density at radius 1 is 0.957 bits per heavy atom. The zero-order valence-corrected chi connectivity index (χ0v) is 14.4. The van der Waals surface area contributed by atoms with Gasteiger partial charge in [-0.15, -0.1) is 0 Å². The van der Waals surface area contributed by atoms with E-state index in [1.807, 2.05) is 12.1 Å². The van der Waals surface area contributed by atoms with E-state index < -0.39 is 0 Å². The molecule has 2 aromatic carbocycles. The minimum absolute atomic E-state index is 0.206. The lowest BCUT2D eigenvalue weighted by Crippen LogP contribution is -2.36. The van der Waals surface area contributed by atoms with Crippen molar-refractivity contribution < 1.29 is 9.47 Å². The Labute approximate surface area is 138 Å². The summed E-state index contributed by atoms with van der Waals surface area (Å²) in [4.78, 5) is 2.45. The lowest BCUT2D eigenvalue weighted by atomic mass is 9.77. The van der Waals surface area contributed by atoms with Crippen molar-refractivity contribution in [2.75, 3.05) is 25.7 Å². The fourth-order valence-corrected chi connectivity index (χ4v) is 3.26. The van der Waals surface area contributed by atoms with E-state index in [9.17, 15) is 0 Å². The van der Waals surface area contributed by atoms with Crippen LogP contribution < -0.4 is 14.4 Å². The molecule has 1 heterocycles. The van der Waals surface area contributed by atoms with Crippen LogP contribution in [-0.4, -0.2) is 20.8 Å². The Balaban J connectivity index is 1.91. The molecule has 0 unspecified atom stereocenters. The first-order valence-electron chi connectivity index (χ1n) is 8.10. The number of methoxy groups -OCH3 is 2. The van der Waals surface area contributed by atoms with Crippen LogP contribution in [0, 0.1) is 0 Å². The summed E-state index contributed by atoms with van der Waals surface area (Å²) in [6, 6.07) is 14.8. The van der Waals surface area contributed by atoms with Gasteiger partial charge in [0.15, 0.2) is 0 Å². The zero-order chi connectivity index (χ0) is 16.4. The van der Waals surface area contributed by atoms with Crippen molar-refractivity contribution in [3.8, 4) is 11.5 Å². The van der Waals surface area contributed by atoms with Gasteiger partial charge in [0, 0.05) is 24.8 Å². The van der Waals surface area contributed by atoms with Crippen LogP contribution >= 0.6 is 0 Å². The standard InChI is InChI=1S/C20H25NO2/c1-20(2)11-12-21(14-15-5-7-16(22-3)8-6-15)19-13-17(23-4)9-10-18(19)20/h5-10,13H,11-12,14H2,1-4H3. The smallest absolute Gasteiger partial charge is 0.120 e. The van der Waals surface area contributed by atoms with Crippen LogP contribution in [0.2, 0.25) is 0 Å². The summed E-state index contributed by atoms with van der Waals surface area (Å²) < 4.78 is 10.7. The molecule has 122 valence electrons. The van der Waals surface area contributed by atoms with Crippen molar-refractivity contribution in [3.05, 3.63) is 53.6 Å². The van der Waals surface area contributed by atoms with Gasteiger partial charge in [0.05, 0.1) is 14.2 Å². The summed E-state index contributed by atoms with van der Waals surface area (Å²) in [5.74, 6) is 1.82. The summed E-state index contributed by atoms with van der Waals surface area (Å²) in [7, 11) is 3.42. The molecule has 0 saturated heterocycles. The number of nitrogens with zero attached hydrogens (tertiary/aromatic N) is 1. The molecule has 3 heteroatoms. The van der Waals surface area contributed by atoms with E-state index >= 15 is 0 Å². The van der Waals surface area contributed by atoms with Gasteiger partial charge in [0.1, 0.15) is 11.5 Å². The molecule has 3 rings (SSSR count). The second-order valence-electron chi connectivity index (χ2n) is 6.79. The molecule has 1 aliphatic rings. The van der Waals surface area contributed by atoms with Crippen LogP contribution in [0.1, 0.15) is 31.4 Å². The SMILES string of the molecule is COc1ccc(CN2CCC(C)(C)c3ccc(OC)cc32)cc1. The first kappa shape index (κ1) is 15.7. The molecule has 0 aliphatic carbocycles. The van der Waals surface area contributed by atoms with E-state index in [1.54, 1.807) is 14.2 Å². The zero-order valence-electron chi connectivity index (χ0n) is 14.4. The largest absolute Gasteiger partial charge is 0.497 e. The minimum atomic E-state index is 0.206. The van der Waals surface area contributed by atoms with Crippen LogP contribution in [-0.2, 0) is 12.0 Å². The Bertz CT molecular complexity index is 677. The number of ether oxygens (including phenoxy) is 2. The maximum atomic E-state index is 5.43. The number of benzene rings is 2. The fourth-order valence-electron chi connectivity index (χ4n) is 3.26. The molecule has 0 aromatic heterocycles. The number of fused-ring (bicyclic) bond motifs is 1. The summed E-state index contributed by atoms with van der Waals surface area (Å²) in [6.07, 6.45) is 1.16. The van der Waals surface area contributed by atoms with E-state index in [2.05, 4.69) is 49.1 Å². The highest BCUT2D eigenvalue weighted by Gasteiger charge is 2.31. The monoisotopic (exact) mass is 311 g/mol. The minimum Gasteiger partial charge on any atom is -0.497 e. The van der Waals surface area contributed by atoms with Crippen molar-refractivity contribution in [1.29, 1.82) is 0 Å². The predicted molar refractivity (Wildman–Crippen MR) is 94.7 cm³/mol. The van der Waals surface area contributed by atoms with Gasteiger partial charge in [-0.2, -0.15) is 0 Å². The number of hydrogen-bond acceptors (Lipinski definition) is 3. The number of rotatable bonds is 4.